The van der Waals surface area contributed by atoms with E-state index >= 15 is 0 Å². The number of nitrogens with one attached hydrogen (secondary N) is 1. The van der Waals surface area contributed by atoms with Gasteiger partial charge < -0.3 is 9.73 Å². The van der Waals surface area contributed by atoms with Crippen LogP contribution < -0.4 is 5.32 Å². The van der Waals surface area contributed by atoms with Crippen LogP contribution in [0.25, 0.3) is 10.9 Å². The first kappa shape index (κ1) is 20.7. The minimum absolute atomic E-state index is 0.0632. The van der Waals surface area contributed by atoms with E-state index < -0.39 is 11.9 Å². The summed E-state index contributed by atoms with van der Waals surface area (Å²) in [6, 6.07) is 5.58. The molecule has 30 heavy (non-hydrogen) atoms. The minimum Gasteiger partial charge on any atom is -0.442 e. The van der Waals surface area contributed by atoms with Gasteiger partial charge in [0.05, 0.1) is 11.7 Å². The Bertz CT molecular complexity index is 1050. The van der Waals surface area contributed by atoms with Crippen molar-refractivity contribution in [3.8, 4) is 0 Å². The number of ketones is 1. The molecule has 9 heteroatoms. The van der Waals surface area contributed by atoms with Gasteiger partial charge in [0.1, 0.15) is 12.0 Å². The third kappa shape index (κ3) is 4.59. The van der Waals surface area contributed by atoms with E-state index in [9.17, 15) is 18.0 Å². The Hall–Kier alpha value is -2.61. The molecule has 0 saturated heterocycles. The second-order valence-electron chi connectivity index (χ2n) is 7.55. The van der Waals surface area contributed by atoms with Gasteiger partial charge in [-0.25, -0.2) is 9.97 Å². The summed E-state index contributed by atoms with van der Waals surface area (Å²) >= 11 is 6.06. The minimum atomic E-state index is -4.55. The van der Waals surface area contributed by atoms with Crippen LogP contribution in [0.4, 0.5) is 18.9 Å². The summed E-state index contributed by atoms with van der Waals surface area (Å²) in [5.41, 5.74) is -0.381. The first-order valence-corrected chi connectivity index (χ1v) is 10.0. The molecule has 1 aliphatic carbocycles. The normalized spacial score (nSPS) is 19.7. The first-order chi connectivity index (χ1) is 14.3. The number of hydrogen-bond donors (Lipinski definition) is 1. The molecule has 1 aliphatic rings. The number of benzene rings is 1. The Morgan fingerprint density at radius 1 is 1.27 bits per heavy atom. The summed E-state index contributed by atoms with van der Waals surface area (Å²) in [5, 5.41) is 4.21. The van der Waals surface area contributed by atoms with E-state index in [1.807, 2.05) is 0 Å². The number of Topliss-reactive ketones (excluding diaryl/α,β-unsaturated/α-hetero) is 1. The Balaban J connectivity index is 1.55. The van der Waals surface area contributed by atoms with Crippen molar-refractivity contribution in [1.29, 1.82) is 0 Å². The lowest BCUT2D eigenvalue weighted by molar-refractivity contribution is -0.140. The zero-order valence-electron chi connectivity index (χ0n) is 15.9. The predicted molar refractivity (Wildman–Crippen MR) is 107 cm³/mol. The van der Waals surface area contributed by atoms with Crippen LogP contribution in [0.1, 0.15) is 48.5 Å². The van der Waals surface area contributed by atoms with Crippen LogP contribution in [0.3, 0.4) is 0 Å². The number of rotatable bonds is 5. The third-order valence-corrected chi connectivity index (χ3v) is 5.58. The van der Waals surface area contributed by atoms with Gasteiger partial charge in [-0.05, 0) is 49.4 Å². The molecule has 2 heterocycles. The smallest absolute Gasteiger partial charge is 0.433 e. The van der Waals surface area contributed by atoms with Gasteiger partial charge in [-0.1, -0.05) is 18.0 Å². The van der Waals surface area contributed by atoms with Crippen molar-refractivity contribution in [1.82, 2.24) is 9.97 Å². The Labute approximate surface area is 175 Å². The molecule has 3 aromatic rings. The molecule has 2 aromatic heterocycles. The molecule has 0 aliphatic heterocycles. The first-order valence-electron chi connectivity index (χ1n) is 9.66. The number of nitrogens with zero attached hydrogens (tertiary/aromatic N) is 2. The van der Waals surface area contributed by atoms with E-state index in [4.69, 9.17) is 16.0 Å². The second kappa shape index (κ2) is 8.26. The molecule has 0 bridgehead atoms. The van der Waals surface area contributed by atoms with E-state index in [0.717, 1.165) is 25.3 Å². The van der Waals surface area contributed by atoms with Crippen molar-refractivity contribution in [2.24, 2.45) is 5.92 Å². The highest BCUT2D eigenvalue weighted by molar-refractivity contribution is 6.31. The van der Waals surface area contributed by atoms with Crippen LogP contribution in [-0.4, -0.2) is 21.8 Å². The lowest BCUT2D eigenvalue weighted by Gasteiger charge is -2.30. The van der Waals surface area contributed by atoms with Crippen LogP contribution in [0.2, 0.25) is 5.02 Å². The molecule has 0 radical (unpaired) electrons. The third-order valence-electron chi connectivity index (χ3n) is 5.35. The maximum absolute atomic E-state index is 13.3. The van der Waals surface area contributed by atoms with Gasteiger partial charge in [-0.15, -0.1) is 0 Å². The quantitative estimate of drug-likeness (QED) is 0.485. The Kier molecular flexibility index (Phi) is 5.69. The van der Waals surface area contributed by atoms with E-state index in [2.05, 4.69) is 15.3 Å². The zero-order chi connectivity index (χ0) is 21.3. The molecule has 0 unspecified atom stereocenters. The topological polar surface area (TPSA) is 68.0 Å². The fraction of sp³-hybridized carbons (Fsp3) is 0.381. The van der Waals surface area contributed by atoms with Gasteiger partial charge >= 0.3 is 6.18 Å². The van der Waals surface area contributed by atoms with Gasteiger partial charge in [-0.3, -0.25) is 4.79 Å². The number of alkyl halides is 3. The van der Waals surface area contributed by atoms with Crippen molar-refractivity contribution in [2.75, 3.05) is 5.32 Å². The standard InChI is InChI=1S/C21H19ClF3N3O2/c22-13-4-5-16-15(10-13)17(11-19(28-16)21(23,24)25)27-14-3-1-2-12(8-14)9-18(29)20-26-6-7-30-20/h4-7,10-12,14H,1-3,8-9H2,(H,27,28)/t12-,14+/m1/s1. The number of anilines is 1. The number of carbonyl (C=O) groups is 1. The molecular formula is C21H19ClF3N3O2. The molecule has 2 atom stereocenters. The highest BCUT2D eigenvalue weighted by Crippen LogP contribution is 2.36. The molecule has 1 saturated carbocycles. The molecule has 1 N–H and O–H groups in total. The van der Waals surface area contributed by atoms with Crippen molar-refractivity contribution in [3.63, 3.8) is 0 Å². The van der Waals surface area contributed by atoms with Gasteiger partial charge in [-0.2, -0.15) is 13.2 Å². The zero-order valence-corrected chi connectivity index (χ0v) is 16.6. The fourth-order valence-electron chi connectivity index (χ4n) is 4.00. The summed E-state index contributed by atoms with van der Waals surface area (Å²) in [5.74, 6) is 0.0373. The highest BCUT2D eigenvalue weighted by atomic mass is 35.5. The molecule has 0 amide bonds. The summed E-state index contributed by atoms with van der Waals surface area (Å²) in [4.78, 5) is 19.9. The number of aromatic nitrogens is 2. The van der Waals surface area contributed by atoms with Crippen LogP contribution in [0.5, 0.6) is 0 Å². The van der Waals surface area contributed by atoms with Crippen molar-refractivity contribution in [2.45, 2.75) is 44.3 Å². The molecule has 0 spiro atoms. The maximum Gasteiger partial charge on any atom is 0.433 e. The Morgan fingerprint density at radius 3 is 2.83 bits per heavy atom. The fourth-order valence-corrected chi connectivity index (χ4v) is 4.17. The number of fused-ring (bicyclic) bond motifs is 1. The van der Waals surface area contributed by atoms with Crippen molar-refractivity contribution in [3.05, 3.63) is 53.3 Å². The number of pyridine rings is 1. The summed E-state index contributed by atoms with van der Waals surface area (Å²) in [6.45, 7) is 0. The maximum atomic E-state index is 13.3. The number of halogens is 4. The van der Waals surface area contributed by atoms with E-state index in [-0.39, 0.29) is 29.2 Å². The average Bonchev–Trinajstić information content (AvgIpc) is 3.23. The average molecular weight is 438 g/mol. The number of oxazole rings is 1. The molecule has 5 nitrogen and oxygen atoms in total. The molecule has 4 rings (SSSR count). The van der Waals surface area contributed by atoms with E-state index in [1.54, 1.807) is 6.07 Å². The number of carbonyl (C=O) groups excluding carboxylic acids is 1. The van der Waals surface area contributed by atoms with Crippen molar-refractivity contribution < 1.29 is 22.4 Å². The van der Waals surface area contributed by atoms with Crippen molar-refractivity contribution >= 4 is 34.0 Å². The van der Waals surface area contributed by atoms with Crippen LogP contribution in [-0.2, 0) is 6.18 Å². The Morgan fingerprint density at radius 2 is 2.10 bits per heavy atom. The lowest BCUT2D eigenvalue weighted by atomic mass is 9.82. The van der Waals surface area contributed by atoms with Gasteiger partial charge in [0.25, 0.3) is 5.89 Å². The van der Waals surface area contributed by atoms with Crippen LogP contribution in [0.15, 0.2) is 41.1 Å². The molecule has 158 valence electrons. The van der Waals surface area contributed by atoms with Crippen LogP contribution in [0, 0.1) is 5.92 Å². The summed E-state index contributed by atoms with van der Waals surface area (Å²) in [6.07, 6.45) is 1.75. The molecular weight excluding hydrogens is 419 g/mol. The van der Waals surface area contributed by atoms with E-state index in [0.29, 0.717) is 28.9 Å². The summed E-state index contributed by atoms with van der Waals surface area (Å²) in [7, 11) is 0. The molecule has 1 fully saturated rings. The SMILES string of the molecule is O=C(C[C@@H]1CCC[C@H](Nc2cc(C(F)(F)F)nc3ccc(Cl)cc23)C1)c1ncco1. The van der Waals surface area contributed by atoms with Crippen LogP contribution >= 0.6 is 11.6 Å². The largest absolute Gasteiger partial charge is 0.442 e. The van der Waals surface area contributed by atoms with Gasteiger partial charge in [0, 0.05) is 28.6 Å². The summed E-state index contributed by atoms with van der Waals surface area (Å²) < 4.78 is 45.0. The van der Waals surface area contributed by atoms with E-state index in [1.165, 1.54) is 24.6 Å². The van der Waals surface area contributed by atoms with Gasteiger partial charge in [0.2, 0.25) is 5.78 Å². The predicted octanol–water partition coefficient (Wildman–Crippen LogP) is 6.14. The monoisotopic (exact) mass is 437 g/mol. The number of hydrogen-bond acceptors (Lipinski definition) is 5. The lowest BCUT2D eigenvalue weighted by Crippen LogP contribution is -2.28. The highest BCUT2D eigenvalue weighted by Gasteiger charge is 2.34. The second-order valence-corrected chi connectivity index (χ2v) is 7.99. The molecule has 1 aromatic carbocycles. The van der Waals surface area contributed by atoms with Gasteiger partial charge in [0.15, 0.2) is 0 Å².